The van der Waals surface area contributed by atoms with E-state index in [9.17, 15) is 9.90 Å². The Morgan fingerprint density at radius 2 is 2.00 bits per heavy atom. The minimum atomic E-state index is -1.77. The molecule has 4 nitrogen and oxygen atoms in total. The molecule has 2 aromatic carbocycles. The summed E-state index contributed by atoms with van der Waals surface area (Å²) < 4.78 is 31.5. The van der Waals surface area contributed by atoms with E-state index in [2.05, 4.69) is 10.3 Å². The number of aliphatic imine (C=N–C) groups is 1. The molecule has 0 radical (unpaired) electrons. The fourth-order valence-electron chi connectivity index (χ4n) is 1.93. The summed E-state index contributed by atoms with van der Waals surface area (Å²) in [5, 5.41) is 12.5. The van der Waals surface area contributed by atoms with Crippen LogP contribution in [-0.2, 0) is 4.79 Å². The van der Waals surface area contributed by atoms with Crippen LogP contribution in [0, 0.1) is 0 Å². The van der Waals surface area contributed by atoms with Gasteiger partial charge in [0, 0.05) is 21.2 Å². The van der Waals surface area contributed by atoms with Gasteiger partial charge in [0.2, 0.25) is 6.23 Å². The SMILES string of the molecule is [2H]c1c([2H])c([2H])c(C2=N[13CH](O)[13C](=O)Nc3ccc(Cl)cc32)c(Cl)c1[2H]. The van der Waals surface area contributed by atoms with Gasteiger partial charge in [0.15, 0.2) is 0 Å². The lowest BCUT2D eigenvalue weighted by Crippen LogP contribution is -2.24. The van der Waals surface area contributed by atoms with Crippen LogP contribution in [0.25, 0.3) is 0 Å². The normalized spacial score (nSPS) is 20.2. The Morgan fingerprint density at radius 1 is 1.24 bits per heavy atom. The van der Waals surface area contributed by atoms with E-state index in [1.165, 1.54) is 18.2 Å². The van der Waals surface area contributed by atoms with E-state index in [-0.39, 0.29) is 27.5 Å². The smallest absolute Gasteiger partial charge is 0.276 e. The van der Waals surface area contributed by atoms with Gasteiger partial charge in [0.1, 0.15) is 0 Å². The highest BCUT2D eigenvalue weighted by Crippen LogP contribution is 2.29. The summed E-state index contributed by atoms with van der Waals surface area (Å²) in [7, 11) is 0. The number of fused-ring (bicyclic) bond motifs is 1. The fourth-order valence-corrected chi connectivity index (χ4v) is 2.28. The Labute approximate surface area is 136 Å². The van der Waals surface area contributed by atoms with Crippen LogP contribution in [0.4, 0.5) is 5.69 Å². The second kappa shape index (κ2) is 5.48. The van der Waals surface area contributed by atoms with Gasteiger partial charge in [-0.2, -0.15) is 0 Å². The molecule has 0 saturated carbocycles. The van der Waals surface area contributed by atoms with Crippen molar-refractivity contribution < 1.29 is 15.4 Å². The first kappa shape index (κ1) is 9.95. The van der Waals surface area contributed by atoms with Crippen LogP contribution in [0.3, 0.4) is 0 Å². The molecule has 1 atom stereocenters. The lowest BCUT2D eigenvalue weighted by molar-refractivity contribution is -0.123. The maximum absolute atomic E-state index is 11.9. The Kier molecular flexibility index (Phi) is 2.60. The Hall–Kier alpha value is -1.88. The van der Waals surface area contributed by atoms with Crippen LogP contribution in [0.15, 0.2) is 47.4 Å². The van der Waals surface area contributed by atoms with E-state index in [0.717, 1.165) is 0 Å². The number of hydrogen-bond donors (Lipinski definition) is 2. The number of amides is 1. The quantitative estimate of drug-likeness (QED) is 0.791. The highest BCUT2D eigenvalue weighted by molar-refractivity contribution is 6.36. The van der Waals surface area contributed by atoms with Crippen molar-refractivity contribution in [2.45, 2.75) is 6.23 Å². The third-order valence-electron chi connectivity index (χ3n) is 2.86. The molecule has 0 fully saturated rings. The largest absolute Gasteiger partial charge is 0.364 e. The molecular formula is C15H10Cl2N2O2. The minimum Gasteiger partial charge on any atom is -0.364 e. The molecule has 1 unspecified atom stereocenters. The summed E-state index contributed by atoms with van der Waals surface area (Å²) in [6.07, 6.45) is -1.77. The molecule has 106 valence electrons. The standard InChI is InChI=1S/C15H10Cl2N2O2/c16-8-5-6-12-10(7-8)13(19-15(21)14(20)18-12)9-3-1-2-4-11(9)17/h1-7,15,21H,(H,18,20)/i1D,2D,3D,4D,14+1,15+1. The zero-order chi connectivity index (χ0) is 18.5. The molecule has 1 aliphatic heterocycles. The van der Waals surface area contributed by atoms with Gasteiger partial charge in [-0.15, -0.1) is 0 Å². The average Bonchev–Trinajstić information content (AvgIpc) is 2.69. The lowest BCUT2D eigenvalue weighted by Gasteiger charge is -2.11. The van der Waals surface area contributed by atoms with E-state index in [0.29, 0.717) is 5.02 Å². The predicted octanol–water partition coefficient (Wildman–Crippen LogP) is 3.10. The van der Waals surface area contributed by atoms with Gasteiger partial charge in [0.05, 0.1) is 16.9 Å². The number of benzodiazepines with no additional fused rings is 1. The van der Waals surface area contributed by atoms with Gasteiger partial charge >= 0.3 is 0 Å². The van der Waals surface area contributed by atoms with Crippen LogP contribution in [-0.4, -0.2) is 23.0 Å². The second-order valence-corrected chi connectivity index (χ2v) is 5.03. The van der Waals surface area contributed by atoms with E-state index in [1.54, 1.807) is 0 Å². The van der Waals surface area contributed by atoms with Gasteiger partial charge in [-0.1, -0.05) is 41.3 Å². The zero-order valence-electron chi connectivity index (χ0n) is 14.4. The van der Waals surface area contributed by atoms with Crippen molar-refractivity contribution in [2.75, 3.05) is 5.32 Å². The molecule has 3 rings (SSSR count). The number of rotatable bonds is 1. The third kappa shape index (κ3) is 2.65. The number of nitrogens with one attached hydrogen (secondary N) is 1. The molecule has 1 heterocycles. The van der Waals surface area contributed by atoms with Crippen LogP contribution in [0.5, 0.6) is 0 Å². The number of nitrogens with zero attached hydrogens (tertiary/aromatic N) is 1. The van der Waals surface area contributed by atoms with Gasteiger partial charge in [-0.25, -0.2) is 4.99 Å². The molecule has 0 spiro atoms. The molecule has 2 aromatic rings. The Morgan fingerprint density at radius 3 is 2.81 bits per heavy atom. The van der Waals surface area contributed by atoms with E-state index in [4.69, 9.17) is 28.7 Å². The monoisotopic (exact) mass is 326 g/mol. The number of carbonyl (C=O) groups excluding carboxylic acids is 1. The average molecular weight is 327 g/mol. The molecule has 21 heavy (non-hydrogen) atoms. The maximum Gasteiger partial charge on any atom is 0.276 e. The number of anilines is 1. The van der Waals surface area contributed by atoms with Crippen LogP contribution in [0.2, 0.25) is 10.0 Å². The lowest BCUT2D eigenvalue weighted by atomic mass is 10.0. The van der Waals surface area contributed by atoms with Crippen molar-refractivity contribution in [3.63, 3.8) is 0 Å². The Bertz CT molecular complexity index is 921. The summed E-state index contributed by atoms with van der Waals surface area (Å²) in [6, 6.07) is 2.62. The molecule has 2 N–H and O–H groups in total. The fraction of sp³-hybridized carbons (Fsp3) is 0.0667. The van der Waals surface area contributed by atoms with Crippen molar-refractivity contribution in [1.82, 2.24) is 0 Å². The first-order valence-corrected chi connectivity index (χ1v) is 6.60. The molecule has 6 heteroatoms. The van der Waals surface area contributed by atoms with E-state index >= 15 is 0 Å². The minimum absolute atomic E-state index is 0.0552. The molecule has 0 saturated heterocycles. The zero-order valence-corrected chi connectivity index (χ0v) is 11.9. The van der Waals surface area contributed by atoms with Crippen LogP contribution >= 0.6 is 23.2 Å². The van der Waals surface area contributed by atoms with Crippen molar-refractivity contribution in [2.24, 2.45) is 4.99 Å². The first-order chi connectivity index (χ1) is 11.7. The summed E-state index contributed by atoms with van der Waals surface area (Å²) in [4.78, 5) is 15.8. The van der Waals surface area contributed by atoms with Gasteiger partial charge in [0.25, 0.3) is 5.91 Å². The topological polar surface area (TPSA) is 61.7 Å². The van der Waals surface area contributed by atoms with Gasteiger partial charge in [-0.3, -0.25) is 4.79 Å². The van der Waals surface area contributed by atoms with E-state index in [1.807, 2.05) is 0 Å². The molecule has 0 bridgehead atoms. The highest BCUT2D eigenvalue weighted by atomic mass is 35.5. The third-order valence-corrected chi connectivity index (χ3v) is 3.38. The first-order valence-electron chi connectivity index (χ1n) is 7.85. The Balaban J connectivity index is 2.39. The molecule has 1 aliphatic rings. The molecular weight excluding hydrogens is 313 g/mol. The van der Waals surface area contributed by atoms with Gasteiger partial charge < -0.3 is 10.4 Å². The highest BCUT2D eigenvalue weighted by Gasteiger charge is 2.25. The van der Waals surface area contributed by atoms with Crippen LogP contribution in [0.1, 0.15) is 16.6 Å². The molecule has 1 amide bonds. The van der Waals surface area contributed by atoms with Crippen molar-refractivity contribution in [1.29, 1.82) is 0 Å². The number of aliphatic hydroxyl groups is 1. The van der Waals surface area contributed by atoms with Crippen LogP contribution < -0.4 is 5.32 Å². The predicted molar refractivity (Wildman–Crippen MR) is 83.2 cm³/mol. The summed E-state index contributed by atoms with van der Waals surface area (Å²) >= 11 is 12.1. The van der Waals surface area contributed by atoms with Crippen molar-refractivity contribution in [3.05, 3.63) is 63.5 Å². The summed E-state index contributed by atoms with van der Waals surface area (Å²) in [6.45, 7) is 0. The number of aliphatic hydroxyl groups excluding tert-OH is 1. The van der Waals surface area contributed by atoms with E-state index < -0.39 is 36.3 Å². The number of hydrogen-bond acceptors (Lipinski definition) is 3. The molecule has 0 aromatic heterocycles. The van der Waals surface area contributed by atoms with Gasteiger partial charge in [-0.05, 0) is 24.2 Å². The summed E-state index contributed by atoms with van der Waals surface area (Å²) in [5.74, 6) is -0.782. The molecule has 0 aliphatic carbocycles. The van der Waals surface area contributed by atoms with Crippen molar-refractivity contribution >= 4 is 40.5 Å². The number of benzene rings is 2. The second-order valence-electron chi connectivity index (χ2n) is 4.22. The number of carbonyl (C=O) groups is 1. The van der Waals surface area contributed by atoms with Crippen molar-refractivity contribution in [3.8, 4) is 0 Å². The summed E-state index contributed by atoms with van der Waals surface area (Å²) in [5.41, 5.74) is 0.393. The number of halogens is 2. The maximum atomic E-state index is 11.9.